The van der Waals surface area contributed by atoms with Gasteiger partial charge >= 0.3 is 17.9 Å². The lowest BCUT2D eigenvalue weighted by Crippen LogP contribution is -2.45. The summed E-state index contributed by atoms with van der Waals surface area (Å²) >= 11 is 6.03. The Morgan fingerprint density at radius 1 is 1.24 bits per heavy atom. The van der Waals surface area contributed by atoms with E-state index in [0.717, 1.165) is 32.4 Å². The van der Waals surface area contributed by atoms with Crippen molar-refractivity contribution in [3.05, 3.63) is 35.3 Å². The number of hydrogen-bond donors (Lipinski definition) is 3. The summed E-state index contributed by atoms with van der Waals surface area (Å²) in [5.41, 5.74) is -2.50. The maximum absolute atomic E-state index is 12.3. The number of carbonyl (C=O) groups is 3. The van der Waals surface area contributed by atoms with Crippen molar-refractivity contribution in [1.29, 1.82) is 0 Å². The Hall–Kier alpha value is -2.96. The van der Waals surface area contributed by atoms with Gasteiger partial charge in [-0.3, -0.25) is 14.5 Å². The molecule has 1 aliphatic heterocycles. The first-order valence-corrected chi connectivity index (χ1v) is 10.6. The van der Waals surface area contributed by atoms with Gasteiger partial charge in [0.1, 0.15) is 0 Å². The predicted molar refractivity (Wildman–Crippen MR) is 113 cm³/mol. The number of rotatable bonds is 12. The summed E-state index contributed by atoms with van der Waals surface area (Å²) in [6.45, 7) is 1.55. The Kier molecular flexibility index (Phi) is 9.82. The number of ether oxygens (including phenoxy) is 1. The van der Waals surface area contributed by atoms with Crippen LogP contribution in [0, 0.1) is 5.21 Å². The fourth-order valence-electron chi connectivity index (χ4n) is 3.29. The van der Waals surface area contributed by atoms with Gasteiger partial charge in [0.2, 0.25) is 0 Å². The Labute approximate surface area is 194 Å². The van der Waals surface area contributed by atoms with Crippen molar-refractivity contribution < 1.29 is 44.0 Å². The maximum Gasteiger partial charge on any atom is 0.336 e. The minimum atomic E-state index is -2.80. The molecule has 2 atom stereocenters. The van der Waals surface area contributed by atoms with Gasteiger partial charge in [0, 0.05) is 12.6 Å². The number of hydrogen-bond acceptors (Lipinski definition) is 9. The Balaban J connectivity index is 2.04. The number of halogens is 1. The summed E-state index contributed by atoms with van der Waals surface area (Å²) in [4.78, 5) is 41.7. The fraction of sp³-hybridized carbons (Fsp3) is 0.550. The SMILES string of the molecule is O=C(O)CC(O)(CC(=O)O[C@@H](CON=C(Cl)c1ccc[n+]([O-])c1)CN1CCCCC1)C(=O)O. The molecule has 0 radical (unpaired) electrons. The van der Waals surface area contributed by atoms with Crippen LogP contribution in [0.2, 0.25) is 0 Å². The van der Waals surface area contributed by atoms with Crippen LogP contribution in [-0.4, -0.2) is 81.2 Å². The highest BCUT2D eigenvalue weighted by atomic mass is 35.5. The Morgan fingerprint density at radius 2 is 1.94 bits per heavy atom. The Morgan fingerprint density at radius 3 is 2.55 bits per heavy atom. The van der Waals surface area contributed by atoms with E-state index in [1.54, 1.807) is 6.07 Å². The van der Waals surface area contributed by atoms with Crippen LogP contribution in [0.1, 0.15) is 37.7 Å². The molecule has 1 fully saturated rings. The van der Waals surface area contributed by atoms with Gasteiger partial charge in [0.25, 0.3) is 0 Å². The van der Waals surface area contributed by atoms with Crippen LogP contribution in [0.15, 0.2) is 29.7 Å². The molecular formula is C20H26ClN3O9. The maximum atomic E-state index is 12.3. The molecule has 2 heterocycles. The average Bonchev–Trinajstić information content (AvgIpc) is 2.73. The number of esters is 1. The zero-order valence-electron chi connectivity index (χ0n) is 17.8. The van der Waals surface area contributed by atoms with Crippen molar-refractivity contribution in [2.75, 3.05) is 26.2 Å². The average molecular weight is 488 g/mol. The summed E-state index contributed by atoms with van der Waals surface area (Å²) in [6.07, 6.45) is 2.35. The van der Waals surface area contributed by atoms with Crippen LogP contribution in [0.3, 0.4) is 0 Å². The number of nitrogens with zero attached hydrogens (tertiary/aromatic N) is 3. The molecule has 3 N–H and O–H groups in total. The first kappa shape index (κ1) is 26.3. The van der Waals surface area contributed by atoms with E-state index in [9.17, 15) is 24.7 Å². The van der Waals surface area contributed by atoms with E-state index in [2.05, 4.69) is 5.16 Å². The molecule has 2 rings (SSSR count). The lowest BCUT2D eigenvalue weighted by molar-refractivity contribution is -0.605. The third-order valence-corrected chi connectivity index (χ3v) is 5.19. The molecule has 1 saturated heterocycles. The molecule has 33 heavy (non-hydrogen) atoms. The van der Waals surface area contributed by atoms with Crippen LogP contribution < -0.4 is 4.73 Å². The second-order valence-corrected chi connectivity index (χ2v) is 8.05. The van der Waals surface area contributed by atoms with Gasteiger partial charge in [0.15, 0.2) is 35.9 Å². The second kappa shape index (κ2) is 12.3. The molecule has 0 bridgehead atoms. The monoisotopic (exact) mass is 487 g/mol. The van der Waals surface area contributed by atoms with Gasteiger partial charge in [-0.05, 0) is 32.0 Å². The van der Waals surface area contributed by atoms with Crippen LogP contribution in [0.4, 0.5) is 0 Å². The molecule has 12 nitrogen and oxygen atoms in total. The van der Waals surface area contributed by atoms with Crippen LogP contribution >= 0.6 is 11.6 Å². The quantitative estimate of drug-likeness (QED) is 0.122. The van der Waals surface area contributed by atoms with Gasteiger partial charge < -0.3 is 30.1 Å². The zero-order chi connectivity index (χ0) is 24.4. The number of pyridine rings is 1. The van der Waals surface area contributed by atoms with E-state index in [0.29, 0.717) is 10.3 Å². The summed E-state index contributed by atoms with van der Waals surface area (Å²) < 4.78 is 5.84. The van der Waals surface area contributed by atoms with Crippen molar-refractivity contribution in [3.8, 4) is 0 Å². The van der Waals surface area contributed by atoms with Crippen molar-refractivity contribution in [2.45, 2.75) is 43.8 Å². The van der Waals surface area contributed by atoms with Crippen molar-refractivity contribution in [1.82, 2.24) is 4.90 Å². The smallest absolute Gasteiger partial charge is 0.336 e. The van der Waals surface area contributed by atoms with Crippen LogP contribution in [-0.2, 0) is 24.0 Å². The third kappa shape index (κ3) is 8.83. The summed E-state index contributed by atoms with van der Waals surface area (Å²) in [5.74, 6) is -4.52. The molecule has 1 unspecified atom stereocenters. The molecular weight excluding hydrogens is 462 g/mol. The molecule has 0 amide bonds. The molecule has 13 heteroatoms. The van der Waals surface area contributed by atoms with Gasteiger partial charge in [-0.1, -0.05) is 23.2 Å². The first-order chi connectivity index (χ1) is 15.6. The molecule has 1 aromatic heterocycles. The summed E-state index contributed by atoms with van der Waals surface area (Å²) in [6, 6.07) is 3.02. The van der Waals surface area contributed by atoms with Crippen molar-refractivity contribution in [2.24, 2.45) is 5.16 Å². The molecule has 0 spiro atoms. The lowest BCUT2D eigenvalue weighted by Gasteiger charge is -2.30. The van der Waals surface area contributed by atoms with E-state index in [4.69, 9.17) is 31.4 Å². The highest BCUT2D eigenvalue weighted by molar-refractivity contribution is 6.69. The topological polar surface area (TPSA) is 173 Å². The first-order valence-electron chi connectivity index (χ1n) is 10.2. The van der Waals surface area contributed by atoms with E-state index in [-0.39, 0.29) is 18.3 Å². The fourth-order valence-corrected chi connectivity index (χ4v) is 3.45. The van der Waals surface area contributed by atoms with Gasteiger partial charge in [0.05, 0.1) is 18.4 Å². The largest absolute Gasteiger partial charge is 0.619 e. The lowest BCUT2D eigenvalue weighted by atomic mass is 9.96. The predicted octanol–water partition coefficient (Wildman–Crippen LogP) is 0.315. The van der Waals surface area contributed by atoms with Crippen molar-refractivity contribution in [3.63, 3.8) is 0 Å². The van der Waals surface area contributed by atoms with Gasteiger partial charge in [-0.15, -0.1) is 0 Å². The minimum Gasteiger partial charge on any atom is -0.619 e. The minimum absolute atomic E-state index is 0.107. The van der Waals surface area contributed by atoms with E-state index in [1.165, 1.54) is 18.5 Å². The van der Waals surface area contributed by atoms with Gasteiger partial charge in [-0.2, -0.15) is 4.73 Å². The summed E-state index contributed by atoms with van der Waals surface area (Å²) in [7, 11) is 0. The molecule has 182 valence electrons. The zero-order valence-corrected chi connectivity index (χ0v) is 18.5. The molecule has 0 saturated carbocycles. The summed E-state index contributed by atoms with van der Waals surface area (Å²) in [5, 5.41) is 43.0. The van der Waals surface area contributed by atoms with Crippen LogP contribution in [0.25, 0.3) is 0 Å². The number of aliphatic hydroxyl groups is 1. The number of aliphatic carboxylic acids is 2. The van der Waals surface area contributed by atoms with Crippen LogP contribution in [0.5, 0.6) is 0 Å². The number of oxime groups is 1. The highest BCUT2D eigenvalue weighted by Crippen LogP contribution is 2.18. The number of piperidine rings is 1. The van der Waals surface area contributed by atoms with Gasteiger partial charge in [-0.25, -0.2) is 4.79 Å². The van der Waals surface area contributed by atoms with Crippen molar-refractivity contribution >= 4 is 34.7 Å². The molecule has 1 aliphatic rings. The number of aromatic nitrogens is 1. The number of carboxylic acid groups (broad SMARTS) is 2. The molecule has 0 aromatic carbocycles. The second-order valence-electron chi connectivity index (χ2n) is 7.69. The molecule has 0 aliphatic carbocycles. The molecule has 1 aromatic rings. The normalized spacial score (nSPS) is 17.6. The number of carbonyl (C=O) groups excluding carboxylic acids is 1. The standard InChI is InChI=1S/C20H26ClN3O9/c21-18(14-5-4-8-24(31)11-14)22-32-13-15(12-23-6-2-1-3-7-23)33-17(27)10-20(30,19(28)29)9-16(25)26/h4-5,8,11,15,30H,1-3,6-7,9-10,12-13H2,(H,25,26)(H,28,29)/t15-,20?/m1/s1. The Bertz CT molecular complexity index is 876. The third-order valence-electron chi connectivity index (χ3n) is 4.91. The number of likely N-dealkylation sites (tertiary alicyclic amines) is 1. The number of carboxylic acids is 2. The van der Waals surface area contributed by atoms with E-state index < -0.39 is 42.5 Å². The highest BCUT2D eigenvalue weighted by Gasteiger charge is 2.42. The van der Waals surface area contributed by atoms with E-state index >= 15 is 0 Å². The van der Waals surface area contributed by atoms with E-state index in [1.807, 2.05) is 4.90 Å².